The molecular weight excluding hydrogens is 205 g/mol. The van der Waals surface area contributed by atoms with Crippen LogP contribution in [0.1, 0.15) is 32.1 Å². The van der Waals surface area contributed by atoms with Crippen LogP contribution in [0.5, 0.6) is 0 Å². The predicted molar refractivity (Wildman–Crippen MR) is 53.6 cm³/mol. The van der Waals surface area contributed by atoms with Gasteiger partial charge < -0.3 is 5.73 Å². The van der Waals surface area contributed by atoms with Crippen LogP contribution in [0.3, 0.4) is 0 Å². The first-order chi connectivity index (χ1) is 6.81. The molecule has 15 heavy (non-hydrogen) atoms. The average Bonchev–Trinajstić information content (AvgIpc) is 1.99. The molecular formula is C10H19F3N2. The quantitative estimate of drug-likeness (QED) is 0.795. The van der Waals surface area contributed by atoms with Gasteiger partial charge >= 0.3 is 6.18 Å². The maximum absolute atomic E-state index is 12.1. The van der Waals surface area contributed by atoms with Gasteiger partial charge in [0.2, 0.25) is 0 Å². The van der Waals surface area contributed by atoms with Crippen LogP contribution in [-0.2, 0) is 0 Å². The monoisotopic (exact) mass is 224 g/mol. The number of halogens is 3. The molecule has 0 heterocycles. The molecule has 0 saturated heterocycles. The second-order valence-corrected chi connectivity index (χ2v) is 4.71. The van der Waals surface area contributed by atoms with Crippen molar-refractivity contribution in [3.05, 3.63) is 0 Å². The van der Waals surface area contributed by atoms with Crippen LogP contribution >= 0.6 is 0 Å². The highest BCUT2D eigenvalue weighted by Crippen LogP contribution is 2.27. The number of hydrogen-bond donors (Lipinski definition) is 1. The third-order valence-electron chi connectivity index (χ3n) is 2.88. The summed E-state index contributed by atoms with van der Waals surface area (Å²) in [4.78, 5) is 1.28. The molecule has 1 rings (SSSR count). The lowest BCUT2D eigenvalue weighted by molar-refractivity contribution is -0.144. The first-order valence-electron chi connectivity index (χ1n) is 5.35. The SMILES string of the molecule is CN(CC(F)(F)F)CC1(N)CCCCC1. The van der Waals surface area contributed by atoms with Crippen LogP contribution in [0, 0.1) is 0 Å². The minimum atomic E-state index is -4.13. The van der Waals surface area contributed by atoms with Crippen LogP contribution in [0.4, 0.5) is 13.2 Å². The van der Waals surface area contributed by atoms with Crippen molar-refractivity contribution < 1.29 is 13.2 Å². The summed E-state index contributed by atoms with van der Waals surface area (Å²) in [5, 5.41) is 0. The van der Waals surface area contributed by atoms with Gasteiger partial charge in [-0.15, -0.1) is 0 Å². The van der Waals surface area contributed by atoms with Gasteiger partial charge in [0.15, 0.2) is 0 Å². The van der Waals surface area contributed by atoms with Gasteiger partial charge in [0.05, 0.1) is 6.54 Å². The zero-order valence-corrected chi connectivity index (χ0v) is 9.11. The molecule has 2 N–H and O–H groups in total. The maximum Gasteiger partial charge on any atom is 0.401 e. The zero-order valence-electron chi connectivity index (χ0n) is 9.11. The van der Waals surface area contributed by atoms with Crippen LogP contribution in [0.15, 0.2) is 0 Å². The van der Waals surface area contributed by atoms with Gasteiger partial charge in [-0.2, -0.15) is 13.2 Å². The molecule has 0 aromatic heterocycles. The summed E-state index contributed by atoms with van der Waals surface area (Å²) in [5.74, 6) is 0. The molecule has 0 amide bonds. The summed E-state index contributed by atoms with van der Waals surface area (Å²) in [6.45, 7) is -0.529. The largest absolute Gasteiger partial charge is 0.401 e. The van der Waals surface area contributed by atoms with Crippen molar-refractivity contribution in [3.63, 3.8) is 0 Å². The third-order valence-corrected chi connectivity index (χ3v) is 2.88. The predicted octanol–water partition coefficient (Wildman–Crippen LogP) is 2.14. The van der Waals surface area contributed by atoms with Gasteiger partial charge in [0, 0.05) is 12.1 Å². The summed E-state index contributed by atoms with van der Waals surface area (Å²) in [6.07, 6.45) is 0.790. The van der Waals surface area contributed by atoms with Crippen LogP contribution in [-0.4, -0.2) is 36.8 Å². The minimum Gasteiger partial charge on any atom is -0.324 e. The van der Waals surface area contributed by atoms with Crippen molar-refractivity contribution in [1.29, 1.82) is 0 Å². The van der Waals surface area contributed by atoms with Crippen molar-refractivity contribution in [1.82, 2.24) is 4.90 Å². The summed E-state index contributed by atoms with van der Waals surface area (Å²) >= 11 is 0. The number of likely N-dealkylation sites (N-methyl/N-ethyl adjacent to an activating group) is 1. The van der Waals surface area contributed by atoms with E-state index in [4.69, 9.17) is 5.73 Å². The standard InChI is InChI=1S/C10H19F3N2/c1-15(8-10(11,12)13)7-9(14)5-3-2-4-6-9/h2-8,14H2,1H3. The van der Waals surface area contributed by atoms with Crippen LogP contribution < -0.4 is 5.73 Å². The van der Waals surface area contributed by atoms with E-state index in [0.29, 0.717) is 6.54 Å². The second-order valence-electron chi connectivity index (χ2n) is 4.71. The first kappa shape index (κ1) is 12.8. The highest BCUT2D eigenvalue weighted by atomic mass is 19.4. The summed E-state index contributed by atoms with van der Waals surface area (Å²) < 4.78 is 36.3. The Balaban J connectivity index is 2.38. The molecule has 1 aliphatic rings. The lowest BCUT2D eigenvalue weighted by atomic mass is 9.82. The molecule has 0 radical (unpaired) electrons. The topological polar surface area (TPSA) is 29.3 Å². The van der Waals surface area contributed by atoms with E-state index in [9.17, 15) is 13.2 Å². The smallest absolute Gasteiger partial charge is 0.324 e. The Hall–Kier alpha value is -0.290. The molecule has 90 valence electrons. The fourth-order valence-electron chi connectivity index (χ4n) is 2.31. The Kier molecular flexibility index (Phi) is 4.00. The van der Waals surface area contributed by atoms with Crippen molar-refractivity contribution in [2.45, 2.75) is 43.8 Å². The van der Waals surface area contributed by atoms with Crippen molar-refractivity contribution in [2.75, 3.05) is 20.1 Å². The van der Waals surface area contributed by atoms with E-state index >= 15 is 0 Å². The van der Waals surface area contributed by atoms with Gasteiger partial charge in [0.1, 0.15) is 0 Å². The number of hydrogen-bond acceptors (Lipinski definition) is 2. The number of nitrogens with two attached hydrogens (primary N) is 1. The Labute approximate surface area is 88.6 Å². The maximum atomic E-state index is 12.1. The molecule has 2 nitrogen and oxygen atoms in total. The summed E-state index contributed by atoms with van der Waals surface area (Å²) in [6, 6.07) is 0. The van der Waals surface area contributed by atoms with Gasteiger partial charge in [0.25, 0.3) is 0 Å². The molecule has 5 heteroatoms. The van der Waals surface area contributed by atoms with E-state index < -0.39 is 18.3 Å². The van der Waals surface area contributed by atoms with Gasteiger partial charge in [-0.25, -0.2) is 0 Å². The zero-order chi connectivity index (χ0) is 11.5. The van der Waals surface area contributed by atoms with E-state index in [2.05, 4.69) is 0 Å². The third kappa shape index (κ3) is 4.84. The minimum absolute atomic E-state index is 0.340. The van der Waals surface area contributed by atoms with E-state index in [1.165, 1.54) is 11.9 Å². The lowest BCUT2D eigenvalue weighted by Gasteiger charge is -2.37. The fraction of sp³-hybridized carbons (Fsp3) is 1.00. The van der Waals surface area contributed by atoms with E-state index in [1.54, 1.807) is 0 Å². The Bertz CT molecular complexity index is 197. The number of nitrogens with zero attached hydrogens (tertiary/aromatic N) is 1. The fourth-order valence-corrected chi connectivity index (χ4v) is 2.31. The highest BCUT2D eigenvalue weighted by Gasteiger charge is 2.34. The molecule has 0 bridgehead atoms. The molecule has 0 aliphatic heterocycles. The Morgan fingerprint density at radius 2 is 1.73 bits per heavy atom. The Morgan fingerprint density at radius 1 is 1.20 bits per heavy atom. The normalized spacial score (nSPS) is 22.0. The van der Waals surface area contributed by atoms with Crippen molar-refractivity contribution >= 4 is 0 Å². The molecule has 1 aliphatic carbocycles. The highest BCUT2D eigenvalue weighted by molar-refractivity contribution is 4.89. The summed E-state index contributed by atoms with van der Waals surface area (Å²) in [5.41, 5.74) is 5.67. The van der Waals surface area contributed by atoms with E-state index in [1.807, 2.05) is 0 Å². The molecule has 0 aromatic carbocycles. The Morgan fingerprint density at radius 3 is 2.20 bits per heavy atom. The van der Waals surface area contributed by atoms with Gasteiger partial charge in [-0.3, -0.25) is 4.90 Å². The summed E-state index contributed by atoms with van der Waals surface area (Å²) in [7, 11) is 1.48. The van der Waals surface area contributed by atoms with E-state index in [-0.39, 0.29) is 0 Å². The number of alkyl halides is 3. The van der Waals surface area contributed by atoms with Crippen molar-refractivity contribution in [3.8, 4) is 0 Å². The van der Waals surface area contributed by atoms with E-state index in [0.717, 1.165) is 32.1 Å². The lowest BCUT2D eigenvalue weighted by Crippen LogP contribution is -2.51. The van der Waals surface area contributed by atoms with Gasteiger partial charge in [-0.05, 0) is 19.9 Å². The molecule has 0 aromatic rings. The first-order valence-corrected chi connectivity index (χ1v) is 5.35. The van der Waals surface area contributed by atoms with Crippen LogP contribution in [0.25, 0.3) is 0 Å². The van der Waals surface area contributed by atoms with Gasteiger partial charge in [-0.1, -0.05) is 19.3 Å². The number of rotatable bonds is 3. The molecule has 1 fully saturated rings. The van der Waals surface area contributed by atoms with Crippen LogP contribution in [0.2, 0.25) is 0 Å². The molecule has 0 atom stereocenters. The average molecular weight is 224 g/mol. The van der Waals surface area contributed by atoms with Crippen molar-refractivity contribution in [2.24, 2.45) is 5.73 Å². The molecule has 0 unspecified atom stereocenters. The second kappa shape index (κ2) is 4.70. The molecule has 1 saturated carbocycles. The molecule has 0 spiro atoms.